The van der Waals surface area contributed by atoms with Crippen LogP contribution in [0.25, 0.3) is 38.8 Å². The van der Waals surface area contributed by atoms with Crippen molar-refractivity contribution in [2.24, 2.45) is 0 Å². The number of pyridine rings is 1. The van der Waals surface area contributed by atoms with Crippen molar-refractivity contribution in [3.8, 4) is 28.4 Å². The van der Waals surface area contributed by atoms with Crippen molar-refractivity contribution >= 4 is 44.6 Å². The van der Waals surface area contributed by atoms with E-state index < -0.39 is 0 Å². The second kappa shape index (κ2) is 14.2. The molecule has 0 unspecified atom stereocenters. The van der Waals surface area contributed by atoms with Crippen LogP contribution in [0.4, 0.5) is 22.7 Å². The number of hydrogen-bond acceptors (Lipinski definition) is 4. The molecule has 0 N–H and O–H groups in total. The lowest BCUT2D eigenvalue weighted by atomic mass is 9.78. The summed E-state index contributed by atoms with van der Waals surface area (Å²) in [4.78, 5) is 9.87. The van der Waals surface area contributed by atoms with Crippen LogP contribution >= 0.6 is 0 Å². The summed E-state index contributed by atoms with van der Waals surface area (Å²) in [6.45, 7) is 21.3. The van der Waals surface area contributed by atoms with Gasteiger partial charge in [-0.15, -0.1) is 0 Å². The maximum Gasteiger partial charge on any atom is 0.137 e. The van der Waals surface area contributed by atoms with E-state index in [4.69, 9.17) is 9.72 Å². The number of ether oxygens (including phenoxy) is 1. The second-order valence-corrected chi connectivity index (χ2v) is 19.1. The zero-order chi connectivity index (χ0) is 41.3. The third-order valence-corrected chi connectivity index (χ3v) is 11.7. The van der Waals surface area contributed by atoms with Crippen molar-refractivity contribution in [3.05, 3.63) is 168 Å². The summed E-state index contributed by atoms with van der Waals surface area (Å²) in [6.07, 6.45) is 1.93. The van der Waals surface area contributed by atoms with Gasteiger partial charge in [0.25, 0.3) is 0 Å². The van der Waals surface area contributed by atoms with Gasteiger partial charge in [-0.3, -0.25) is 4.57 Å². The van der Waals surface area contributed by atoms with Crippen LogP contribution in [0.5, 0.6) is 11.5 Å². The first kappa shape index (κ1) is 38.2. The Balaban J connectivity index is 1.11. The van der Waals surface area contributed by atoms with E-state index >= 15 is 0 Å². The van der Waals surface area contributed by atoms with E-state index in [0.717, 1.165) is 39.4 Å². The zero-order valence-electron chi connectivity index (χ0n) is 35.8. The van der Waals surface area contributed by atoms with Gasteiger partial charge in [0.2, 0.25) is 0 Å². The lowest BCUT2D eigenvalue weighted by molar-refractivity contribution is 0.483. The molecule has 0 amide bonds. The molecule has 5 nitrogen and oxygen atoms in total. The van der Waals surface area contributed by atoms with E-state index in [-0.39, 0.29) is 16.2 Å². The predicted molar refractivity (Wildman–Crippen MR) is 249 cm³/mol. The summed E-state index contributed by atoms with van der Waals surface area (Å²) in [5.74, 6) is 2.44. The van der Waals surface area contributed by atoms with Gasteiger partial charge in [0.1, 0.15) is 24.0 Å². The van der Waals surface area contributed by atoms with Crippen molar-refractivity contribution in [1.29, 1.82) is 0 Å². The molecule has 5 heteroatoms. The number of fused-ring (bicyclic) bond motifs is 4. The number of aromatic nitrogens is 2. The maximum atomic E-state index is 6.80. The average Bonchev–Trinajstić information content (AvgIpc) is 3.76. The molecule has 9 rings (SSSR count). The van der Waals surface area contributed by atoms with Gasteiger partial charge in [0.15, 0.2) is 0 Å². The molecule has 6 aromatic carbocycles. The largest absolute Gasteiger partial charge is 0.457 e. The number of para-hydroxylation sites is 3. The van der Waals surface area contributed by atoms with Crippen LogP contribution in [-0.4, -0.2) is 16.2 Å². The van der Waals surface area contributed by atoms with Crippen LogP contribution in [0.2, 0.25) is 0 Å². The van der Waals surface area contributed by atoms with E-state index in [1.165, 1.54) is 50.3 Å². The minimum absolute atomic E-state index is 0.0199. The molecule has 0 aliphatic carbocycles. The van der Waals surface area contributed by atoms with Gasteiger partial charge in [0.05, 0.1) is 28.1 Å². The van der Waals surface area contributed by atoms with Crippen LogP contribution in [0.1, 0.15) is 79.0 Å². The topological polar surface area (TPSA) is 33.5 Å². The van der Waals surface area contributed by atoms with E-state index in [1.807, 2.05) is 6.20 Å². The SMILES string of the molecule is CC(C)(C)c1ccnc(-n2c3ccc(-c4ccccc4)cc3c3ccc(Oc4cccc(N5CN(c6c(C(C)(C)C)cccc6C(C)(C)C)c6ccccc65)c4)cc32)c1. The Morgan fingerprint density at radius 1 is 0.492 bits per heavy atom. The highest BCUT2D eigenvalue weighted by atomic mass is 16.5. The minimum Gasteiger partial charge on any atom is -0.457 e. The average molecular weight is 775 g/mol. The van der Waals surface area contributed by atoms with Crippen molar-refractivity contribution in [2.45, 2.75) is 78.6 Å². The molecule has 2 aromatic heterocycles. The molecule has 1 aliphatic rings. The molecule has 0 bridgehead atoms. The number of benzene rings is 6. The van der Waals surface area contributed by atoms with Crippen molar-refractivity contribution in [1.82, 2.24) is 9.55 Å². The highest BCUT2D eigenvalue weighted by Crippen LogP contribution is 2.50. The monoisotopic (exact) mass is 774 g/mol. The minimum atomic E-state index is -0.0326. The summed E-state index contributed by atoms with van der Waals surface area (Å²) in [7, 11) is 0. The molecule has 8 aromatic rings. The van der Waals surface area contributed by atoms with E-state index in [2.05, 4.69) is 222 Å². The highest BCUT2D eigenvalue weighted by molar-refractivity contribution is 6.10. The Morgan fingerprint density at radius 2 is 1.15 bits per heavy atom. The fourth-order valence-corrected chi connectivity index (χ4v) is 8.65. The van der Waals surface area contributed by atoms with E-state index in [1.54, 1.807) is 0 Å². The Morgan fingerprint density at radius 3 is 1.85 bits per heavy atom. The van der Waals surface area contributed by atoms with Gasteiger partial charge >= 0.3 is 0 Å². The molecule has 0 spiro atoms. The molecule has 0 saturated carbocycles. The molecule has 0 radical (unpaired) electrons. The highest BCUT2D eigenvalue weighted by Gasteiger charge is 2.35. The van der Waals surface area contributed by atoms with E-state index in [9.17, 15) is 0 Å². The third-order valence-electron chi connectivity index (χ3n) is 11.7. The first-order valence-electron chi connectivity index (χ1n) is 20.8. The van der Waals surface area contributed by atoms with Crippen LogP contribution in [0.3, 0.4) is 0 Å². The Hall–Kier alpha value is -6.33. The van der Waals surface area contributed by atoms with Crippen molar-refractivity contribution < 1.29 is 4.74 Å². The lowest BCUT2D eigenvalue weighted by Gasteiger charge is -2.35. The van der Waals surface area contributed by atoms with E-state index in [0.29, 0.717) is 6.67 Å². The Bertz CT molecular complexity index is 2820. The smallest absolute Gasteiger partial charge is 0.137 e. The maximum absolute atomic E-state index is 6.80. The lowest BCUT2D eigenvalue weighted by Crippen LogP contribution is -2.29. The van der Waals surface area contributed by atoms with Gasteiger partial charge < -0.3 is 14.5 Å². The Kier molecular flexibility index (Phi) is 9.19. The molecule has 59 heavy (non-hydrogen) atoms. The van der Waals surface area contributed by atoms with Crippen LogP contribution in [0, 0.1) is 0 Å². The van der Waals surface area contributed by atoms with Gasteiger partial charge in [-0.2, -0.15) is 0 Å². The summed E-state index contributed by atoms with van der Waals surface area (Å²) in [5, 5.41) is 2.33. The van der Waals surface area contributed by atoms with Crippen LogP contribution in [0.15, 0.2) is 152 Å². The van der Waals surface area contributed by atoms with Crippen molar-refractivity contribution in [2.75, 3.05) is 16.5 Å². The molecular formula is C54H54N4O. The molecule has 296 valence electrons. The molecule has 0 fully saturated rings. The van der Waals surface area contributed by atoms with Gasteiger partial charge in [-0.05, 0) is 105 Å². The molecule has 0 saturated heterocycles. The van der Waals surface area contributed by atoms with Crippen molar-refractivity contribution in [3.63, 3.8) is 0 Å². The normalized spacial score (nSPS) is 13.4. The number of hydrogen-bond donors (Lipinski definition) is 0. The number of anilines is 4. The fraction of sp³-hybridized carbons (Fsp3) is 0.241. The van der Waals surface area contributed by atoms with Gasteiger partial charge in [-0.1, -0.05) is 135 Å². The van der Waals surface area contributed by atoms with Crippen LogP contribution < -0.4 is 14.5 Å². The van der Waals surface area contributed by atoms with Gasteiger partial charge in [0, 0.05) is 34.8 Å². The standard InChI is InChI=1S/C54H54N4O/c1-52(2,3)38-29-30-55-50(32-38)58-46-28-25-37(36-17-11-10-12-18-36)31-43(46)42-27-26-41(34-49(42)58)59-40-20-15-19-39(33-40)56-35-57(48-24-14-13-23-47(48)56)51-44(53(4,5)6)21-16-22-45(51)54(7,8)9/h10-34H,35H2,1-9H3. The second-order valence-electron chi connectivity index (χ2n) is 19.1. The Labute approximate surface area is 349 Å². The predicted octanol–water partition coefficient (Wildman–Crippen LogP) is 14.8. The molecular weight excluding hydrogens is 721 g/mol. The first-order valence-corrected chi connectivity index (χ1v) is 20.8. The van der Waals surface area contributed by atoms with Crippen LogP contribution in [-0.2, 0) is 16.2 Å². The molecule has 0 atom stereocenters. The molecule has 1 aliphatic heterocycles. The number of nitrogens with zero attached hydrogens (tertiary/aromatic N) is 4. The summed E-state index contributed by atoms with van der Waals surface area (Å²) >= 11 is 0. The third kappa shape index (κ3) is 7.03. The summed E-state index contributed by atoms with van der Waals surface area (Å²) in [5.41, 5.74) is 13.2. The molecule has 3 heterocycles. The fourth-order valence-electron chi connectivity index (χ4n) is 8.65. The number of rotatable bonds is 6. The quantitative estimate of drug-likeness (QED) is 0.168. The first-order chi connectivity index (χ1) is 28.1. The van der Waals surface area contributed by atoms with Gasteiger partial charge in [-0.25, -0.2) is 4.98 Å². The summed E-state index contributed by atoms with van der Waals surface area (Å²) < 4.78 is 9.08. The summed E-state index contributed by atoms with van der Waals surface area (Å²) in [6, 6.07) is 52.3. The zero-order valence-corrected chi connectivity index (χ0v) is 35.8.